The van der Waals surface area contributed by atoms with Crippen LogP contribution in [-0.4, -0.2) is 31.6 Å². The standard InChI is InChI=1S/C17H30N2/c1-7-16(15-10-8-14(4)9-11-15)18-17(13(2)3)12-19(5)6/h8-11,13,16-18H,7,12H2,1-6H3. The van der Waals surface area contributed by atoms with E-state index in [4.69, 9.17) is 0 Å². The lowest BCUT2D eigenvalue weighted by atomic mass is 9.98. The fourth-order valence-corrected chi connectivity index (χ4v) is 2.36. The van der Waals surface area contributed by atoms with E-state index in [1.54, 1.807) is 0 Å². The van der Waals surface area contributed by atoms with Gasteiger partial charge in [-0.25, -0.2) is 0 Å². The first-order valence-corrected chi connectivity index (χ1v) is 7.41. The molecule has 0 bridgehead atoms. The maximum atomic E-state index is 3.83. The van der Waals surface area contributed by atoms with Crippen LogP contribution in [0.4, 0.5) is 0 Å². The molecule has 0 aliphatic carbocycles. The lowest BCUT2D eigenvalue weighted by Gasteiger charge is -2.30. The summed E-state index contributed by atoms with van der Waals surface area (Å²) in [4.78, 5) is 2.26. The van der Waals surface area contributed by atoms with Crippen LogP contribution in [0.5, 0.6) is 0 Å². The molecule has 1 aromatic rings. The SMILES string of the molecule is CCC(NC(CN(C)C)C(C)C)c1ccc(C)cc1. The summed E-state index contributed by atoms with van der Waals surface area (Å²) in [7, 11) is 4.29. The third kappa shape index (κ3) is 5.33. The molecule has 2 atom stereocenters. The van der Waals surface area contributed by atoms with Gasteiger partial charge in [0, 0.05) is 18.6 Å². The molecule has 0 saturated carbocycles. The molecule has 2 nitrogen and oxygen atoms in total. The van der Waals surface area contributed by atoms with Crippen LogP contribution in [-0.2, 0) is 0 Å². The number of aryl methyl sites for hydroxylation is 1. The predicted octanol–water partition coefficient (Wildman–Crippen LogP) is 3.62. The smallest absolute Gasteiger partial charge is 0.0320 e. The van der Waals surface area contributed by atoms with Crippen molar-refractivity contribution in [2.24, 2.45) is 5.92 Å². The first kappa shape index (κ1) is 16.2. The van der Waals surface area contributed by atoms with Gasteiger partial charge in [0.25, 0.3) is 0 Å². The molecule has 1 rings (SSSR count). The van der Waals surface area contributed by atoms with E-state index in [0.29, 0.717) is 18.0 Å². The van der Waals surface area contributed by atoms with Gasteiger partial charge in [0.1, 0.15) is 0 Å². The highest BCUT2D eigenvalue weighted by molar-refractivity contribution is 5.24. The second-order valence-electron chi connectivity index (χ2n) is 6.15. The zero-order valence-electron chi connectivity index (χ0n) is 13.4. The minimum Gasteiger partial charge on any atom is -0.308 e. The van der Waals surface area contributed by atoms with Crippen molar-refractivity contribution in [1.29, 1.82) is 0 Å². The van der Waals surface area contributed by atoms with E-state index in [9.17, 15) is 0 Å². The zero-order chi connectivity index (χ0) is 14.4. The quantitative estimate of drug-likeness (QED) is 0.807. The second kappa shape index (κ2) is 7.66. The Kier molecular flexibility index (Phi) is 6.53. The van der Waals surface area contributed by atoms with Crippen LogP contribution in [0.2, 0.25) is 0 Å². The van der Waals surface area contributed by atoms with Gasteiger partial charge in [0.15, 0.2) is 0 Å². The lowest BCUT2D eigenvalue weighted by molar-refractivity contribution is 0.267. The van der Waals surface area contributed by atoms with Gasteiger partial charge < -0.3 is 10.2 Å². The molecule has 0 aliphatic rings. The Bertz CT molecular complexity index is 354. The molecule has 0 aliphatic heterocycles. The Morgan fingerprint density at radius 2 is 1.68 bits per heavy atom. The summed E-state index contributed by atoms with van der Waals surface area (Å²) >= 11 is 0. The fraction of sp³-hybridized carbons (Fsp3) is 0.647. The number of likely N-dealkylation sites (N-methyl/N-ethyl adjacent to an activating group) is 1. The number of hydrogen-bond acceptors (Lipinski definition) is 2. The van der Waals surface area contributed by atoms with Gasteiger partial charge in [-0.05, 0) is 38.9 Å². The Morgan fingerprint density at radius 1 is 1.11 bits per heavy atom. The van der Waals surface area contributed by atoms with Crippen LogP contribution in [0.25, 0.3) is 0 Å². The van der Waals surface area contributed by atoms with Crippen molar-refractivity contribution in [3.05, 3.63) is 35.4 Å². The third-order valence-corrected chi connectivity index (χ3v) is 3.67. The Hall–Kier alpha value is -0.860. The molecule has 1 aromatic carbocycles. The van der Waals surface area contributed by atoms with Gasteiger partial charge in [-0.3, -0.25) is 0 Å². The van der Waals surface area contributed by atoms with E-state index in [0.717, 1.165) is 13.0 Å². The van der Waals surface area contributed by atoms with Crippen molar-refractivity contribution < 1.29 is 0 Å². The number of rotatable bonds is 7. The molecule has 2 unspecified atom stereocenters. The highest BCUT2D eigenvalue weighted by atomic mass is 15.1. The Balaban J connectivity index is 2.76. The van der Waals surface area contributed by atoms with Gasteiger partial charge in [0.2, 0.25) is 0 Å². The molecule has 0 amide bonds. The fourth-order valence-electron chi connectivity index (χ4n) is 2.36. The molecule has 2 heteroatoms. The maximum Gasteiger partial charge on any atom is 0.0320 e. The molecule has 0 aromatic heterocycles. The Labute approximate surface area is 119 Å². The van der Waals surface area contributed by atoms with Crippen molar-refractivity contribution in [3.63, 3.8) is 0 Å². The van der Waals surface area contributed by atoms with Gasteiger partial charge in [-0.15, -0.1) is 0 Å². The molecular formula is C17H30N2. The summed E-state index contributed by atoms with van der Waals surface area (Å²) in [6.07, 6.45) is 1.12. The van der Waals surface area contributed by atoms with Crippen molar-refractivity contribution in [2.75, 3.05) is 20.6 Å². The Morgan fingerprint density at radius 3 is 2.11 bits per heavy atom. The molecule has 1 N–H and O–H groups in total. The van der Waals surface area contributed by atoms with E-state index in [-0.39, 0.29) is 0 Å². The van der Waals surface area contributed by atoms with Crippen LogP contribution in [0.1, 0.15) is 44.4 Å². The van der Waals surface area contributed by atoms with E-state index in [2.05, 4.69) is 76.3 Å². The van der Waals surface area contributed by atoms with Crippen molar-refractivity contribution in [1.82, 2.24) is 10.2 Å². The van der Waals surface area contributed by atoms with E-state index in [1.807, 2.05) is 0 Å². The molecule has 19 heavy (non-hydrogen) atoms. The summed E-state index contributed by atoms with van der Waals surface area (Å²) in [6, 6.07) is 9.90. The highest BCUT2D eigenvalue weighted by Gasteiger charge is 2.19. The summed E-state index contributed by atoms with van der Waals surface area (Å²) in [6.45, 7) is 10.1. The van der Waals surface area contributed by atoms with Crippen molar-refractivity contribution >= 4 is 0 Å². The molecule has 0 heterocycles. The van der Waals surface area contributed by atoms with E-state index < -0.39 is 0 Å². The van der Waals surface area contributed by atoms with Crippen LogP contribution >= 0.6 is 0 Å². The van der Waals surface area contributed by atoms with Crippen LogP contribution in [0, 0.1) is 12.8 Å². The molecule has 0 radical (unpaired) electrons. The molecule has 0 fully saturated rings. The van der Waals surface area contributed by atoms with Crippen LogP contribution in [0.3, 0.4) is 0 Å². The first-order valence-electron chi connectivity index (χ1n) is 7.41. The largest absolute Gasteiger partial charge is 0.308 e. The number of benzene rings is 1. The summed E-state index contributed by atoms with van der Waals surface area (Å²) < 4.78 is 0. The first-order chi connectivity index (χ1) is 8.93. The van der Waals surface area contributed by atoms with E-state index in [1.165, 1.54) is 11.1 Å². The van der Waals surface area contributed by atoms with Gasteiger partial charge in [0.05, 0.1) is 0 Å². The maximum absolute atomic E-state index is 3.83. The normalized spacial score (nSPS) is 14.9. The monoisotopic (exact) mass is 262 g/mol. The summed E-state index contributed by atoms with van der Waals surface area (Å²) in [5.41, 5.74) is 2.73. The third-order valence-electron chi connectivity index (χ3n) is 3.67. The molecule has 0 spiro atoms. The van der Waals surface area contributed by atoms with Crippen molar-refractivity contribution in [3.8, 4) is 0 Å². The average Bonchev–Trinajstić information content (AvgIpc) is 2.35. The lowest BCUT2D eigenvalue weighted by Crippen LogP contribution is -2.43. The van der Waals surface area contributed by atoms with Gasteiger partial charge in [-0.1, -0.05) is 50.6 Å². The van der Waals surface area contributed by atoms with Gasteiger partial charge in [-0.2, -0.15) is 0 Å². The summed E-state index contributed by atoms with van der Waals surface area (Å²) in [5.74, 6) is 0.641. The molecule has 108 valence electrons. The van der Waals surface area contributed by atoms with Crippen LogP contribution in [0.15, 0.2) is 24.3 Å². The highest BCUT2D eigenvalue weighted by Crippen LogP contribution is 2.19. The topological polar surface area (TPSA) is 15.3 Å². The number of nitrogens with zero attached hydrogens (tertiary/aromatic N) is 1. The van der Waals surface area contributed by atoms with E-state index >= 15 is 0 Å². The number of nitrogens with one attached hydrogen (secondary N) is 1. The molecule has 0 saturated heterocycles. The van der Waals surface area contributed by atoms with Gasteiger partial charge >= 0.3 is 0 Å². The second-order valence-corrected chi connectivity index (χ2v) is 6.15. The van der Waals surface area contributed by atoms with Crippen molar-refractivity contribution in [2.45, 2.75) is 46.2 Å². The number of hydrogen-bond donors (Lipinski definition) is 1. The minimum atomic E-state index is 0.452. The predicted molar refractivity (Wildman–Crippen MR) is 84.5 cm³/mol. The minimum absolute atomic E-state index is 0.452. The summed E-state index contributed by atoms with van der Waals surface area (Å²) in [5, 5.41) is 3.83. The zero-order valence-corrected chi connectivity index (χ0v) is 13.4. The molecular weight excluding hydrogens is 232 g/mol. The average molecular weight is 262 g/mol. The van der Waals surface area contributed by atoms with Crippen LogP contribution < -0.4 is 5.32 Å².